The molecule has 0 bridgehead atoms. The van der Waals surface area contributed by atoms with Gasteiger partial charge in [-0.2, -0.15) is 0 Å². The number of nitrogens with one attached hydrogen (secondary N) is 1. The van der Waals surface area contributed by atoms with Gasteiger partial charge in [-0.05, 0) is 32.9 Å². The van der Waals surface area contributed by atoms with Crippen molar-refractivity contribution in [2.75, 3.05) is 20.2 Å². The third-order valence-corrected chi connectivity index (χ3v) is 3.63. The van der Waals surface area contributed by atoms with Crippen LogP contribution >= 0.6 is 22.9 Å². The lowest BCUT2D eigenvalue weighted by atomic mass is 10.1. The van der Waals surface area contributed by atoms with Gasteiger partial charge in [-0.15, -0.1) is 11.3 Å². The van der Waals surface area contributed by atoms with Crippen LogP contribution in [0.1, 0.15) is 30.4 Å². The molecule has 0 aliphatic carbocycles. The maximum atomic E-state index is 11.8. The average Bonchev–Trinajstić information content (AvgIpc) is 2.79. The molecular weight excluding hydrogens is 328 g/mol. The van der Waals surface area contributed by atoms with E-state index in [2.05, 4.69) is 5.32 Å². The van der Waals surface area contributed by atoms with E-state index in [1.807, 2.05) is 20.8 Å². The molecular formula is C14H19ClN2O4S. The molecule has 1 N–H and O–H groups in total. The summed E-state index contributed by atoms with van der Waals surface area (Å²) in [5.74, 6) is -1.35. The van der Waals surface area contributed by atoms with Crippen molar-refractivity contribution in [3.63, 3.8) is 0 Å². The number of carbonyl (C=O) groups excluding carboxylic acids is 3. The maximum Gasteiger partial charge on any atom is 0.348 e. The number of hydrogen-bond acceptors (Lipinski definition) is 5. The number of hydrogen-bond donors (Lipinski definition) is 1. The van der Waals surface area contributed by atoms with Gasteiger partial charge in [0.25, 0.3) is 5.91 Å². The lowest BCUT2D eigenvalue weighted by Gasteiger charge is -2.23. The Morgan fingerprint density at radius 3 is 2.45 bits per heavy atom. The van der Waals surface area contributed by atoms with Crippen molar-refractivity contribution in [2.45, 2.75) is 26.3 Å². The van der Waals surface area contributed by atoms with Crippen LogP contribution in [0.5, 0.6) is 0 Å². The topological polar surface area (TPSA) is 75.7 Å². The van der Waals surface area contributed by atoms with Crippen molar-refractivity contribution < 1.29 is 19.1 Å². The van der Waals surface area contributed by atoms with Crippen LogP contribution in [-0.2, 0) is 14.3 Å². The second kappa shape index (κ2) is 7.60. The molecule has 1 aromatic rings. The summed E-state index contributed by atoms with van der Waals surface area (Å²) in [6.07, 6.45) is 0. The van der Waals surface area contributed by atoms with Crippen LogP contribution < -0.4 is 5.32 Å². The van der Waals surface area contributed by atoms with Gasteiger partial charge < -0.3 is 15.0 Å². The molecule has 1 aromatic heterocycles. The summed E-state index contributed by atoms with van der Waals surface area (Å²) >= 11 is 6.79. The van der Waals surface area contributed by atoms with Crippen LogP contribution in [0.2, 0.25) is 4.34 Å². The van der Waals surface area contributed by atoms with E-state index in [1.165, 1.54) is 18.0 Å². The lowest BCUT2D eigenvalue weighted by Crippen LogP contribution is -2.46. The predicted octanol–water partition coefficient (Wildman–Crippen LogP) is 1.93. The van der Waals surface area contributed by atoms with Crippen molar-refractivity contribution in [2.24, 2.45) is 0 Å². The van der Waals surface area contributed by atoms with E-state index in [-0.39, 0.29) is 18.0 Å². The lowest BCUT2D eigenvalue weighted by molar-refractivity contribution is -0.137. The number of ether oxygens (including phenoxy) is 1. The summed E-state index contributed by atoms with van der Waals surface area (Å²) in [5.41, 5.74) is -0.369. The molecule has 0 spiro atoms. The van der Waals surface area contributed by atoms with Crippen molar-refractivity contribution in [3.8, 4) is 0 Å². The summed E-state index contributed by atoms with van der Waals surface area (Å²) in [6.45, 7) is 5.02. The van der Waals surface area contributed by atoms with Gasteiger partial charge in [-0.3, -0.25) is 9.59 Å². The van der Waals surface area contributed by atoms with Crippen LogP contribution in [0.3, 0.4) is 0 Å². The Bertz CT molecular complexity index is 565. The molecule has 22 heavy (non-hydrogen) atoms. The quantitative estimate of drug-likeness (QED) is 0.826. The predicted molar refractivity (Wildman–Crippen MR) is 85.1 cm³/mol. The zero-order chi connectivity index (χ0) is 16.9. The standard InChI is InChI=1S/C14H19ClN2O4S/c1-14(2,3)16-11(18)7-17(4)12(19)8-21-13(20)9-5-6-10(15)22-9/h5-6H,7-8H2,1-4H3,(H,16,18). The fraction of sp³-hybridized carbons (Fsp3) is 0.500. The van der Waals surface area contributed by atoms with Gasteiger partial charge in [0.05, 0.1) is 10.9 Å². The minimum Gasteiger partial charge on any atom is -0.451 e. The highest BCUT2D eigenvalue weighted by Crippen LogP contribution is 2.21. The molecule has 2 amide bonds. The van der Waals surface area contributed by atoms with E-state index in [4.69, 9.17) is 16.3 Å². The van der Waals surface area contributed by atoms with E-state index < -0.39 is 18.5 Å². The first-order chi connectivity index (χ1) is 10.1. The van der Waals surface area contributed by atoms with Crippen LogP contribution in [0.4, 0.5) is 0 Å². The summed E-state index contributed by atoms with van der Waals surface area (Å²) in [6, 6.07) is 3.11. The maximum absolute atomic E-state index is 11.8. The Morgan fingerprint density at radius 1 is 1.32 bits per heavy atom. The minimum absolute atomic E-state index is 0.0987. The number of halogens is 1. The molecule has 1 heterocycles. The molecule has 0 aromatic carbocycles. The van der Waals surface area contributed by atoms with Crippen LogP contribution in [0, 0.1) is 0 Å². The Kier molecular flexibility index (Phi) is 6.37. The summed E-state index contributed by atoms with van der Waals surface area (Å²) in [7, 11) is 1.47. The van der Waals surface area contributed by atoms with Crippen molar-refractivity contribution in [3.05, 3.63) is 21.3 Å². The molecule has 0 aliphatic rings. The van der Waals surface area contributed by atoms with Gasteiger partial charge in [0.15, 0.2) is 6.61 Å². The third kappa shape index (κ3) is 6.44. The zero-order valence-corrected chi connectivity index (χ0v) is 14.5. The van der Waals surface area contributed by atoms with E-state index in [1.54, 1.807) is 6.07 Å². The third-order valence-electron chi connectivity index (χ3n) is 2.42. The number of esters is 1. The second-order valence-electron chi connectivity index (χ2n) is 5.73. The monoisotopic (exact) mass is 346 g/mol. The zero-order valence-electron chi connectivity index (χ0n) is 12.9. The van der Waals surface area contributed by atoms with Gasteiger partial charge in [-0.25, -0.2) is 4.79 Å². The van der Waals surface area contributed by atoms with Crippen LogP contribution in [0.25, 0.3) is 0 Å². The average molecular weight is 347 g/mol. The van der Waals surface area contributed by atoms with Crippen molar-refractivity contribution in [1.82, 2.24) is 10.2 Å². The normalized spacial score (nSPS) is 11.0. The van der Waals surface area contributed by atoms with E-state index in [9.17, 15) is 14.4 Å². The van der Waals surface area contributed by atoms with Crippen LogP contribution in [0.15, 0.2) is 12.1 Å². The molecule has 0 fully saturated rings. The number of amides is 2. The van der Waals surface area contributed by atoms with Crippen molar-refractivity contribution in [1.29, 1.82) is 0 Å². The molecule has 0 atom stereocenters. The van der Waals surface area contributed by atoms with Gasteiger partial charge in [0.2, 0.25) is 5.91 Å². The molecule has 8 heteroatoms. The number of rotatable bonds is 5. The minimum atomic E-state index is -0.613. The molecule has 0 saturated heterocycles. The van der Waals surface area contributed by atoms with Gasteiger partial charge in [0.1, 0.15) is 4.88 Å². The molecule has 122 valence electrons. The van der Waals surface area contributed by atoms with Crippen molar-refractivity contribution >= 4 is 40.7 Å². The molecule has 0 unspecified atom stereocenters. The van der Waals surface area contributed by atoms with E-state index >= 15 is 0 Å². The Hall–Kier alpha value is -1.60. The number of thiophene rings is 1. The van der Waals surface area contributed by atoms with Gasteiger partial charge >= 0.3 is 5.97 Å². The SMILES string of the molecule is CN(CC(=O)NC(C)(C)C)C(=O)COC(=O)c1ccc(Cl)s1. The summed E-state index contributed by atoms with van der Waals surface area (Å²) in [4.78, 5) is 36.7. The largest absolute Gasteiger partial charge is 0.451 e. The smallest absolute Gasteiger partial charge is 0.348 e. The summed E-state index contributed by atoms with van der Waals surface area (Å²) in [5, 5.41) is 2.74. The molecule has 6 nitrogen and oxygen atoms in total. The Balaban J connectivity index is 2.41. The molecule has 0 radical (unpaired) electrons. The number of likely N-dealkylation sites (N-methyl/N-ethyl adjacent to an activating group) is 1. The first kappa shape index (κ1) is 18.4. The first-order valence-corrected chi connectivity index (χ1v) is 7.75. The van der Waals surface area contributed by atoms with Gasteiger partial charge in [-0.1, -0.05) is 11.6 Å². The van der Waals surface area contributed by atoms with E-state index in [0.29, 0.717) is 9.21 Å². The Morgan fingerprint density at radius 2 is 1.95 bits per heavy atom. The fourth-order valence-corrected chi connectivity index (χ4v) is 2.43. The second-order valence-corrected chi connectivity index (χ2v) is 7.44. The fourth-order valence-electron chi connectivity index (χ4n) is 1.49. The highest BCUT2D eigenvalue weighted by Gasteiger charge is 2.19. The molecule has 0 saturated carbocycles. The molecule has 1 rings (SSSR count). The highest BCUT2D eigenvalue weighted by molar-refractivity contribution is 7.17. The summed E-state index contributed by atoms with van der Waals surface area (Å²) < 4.78 is 5.36. The molecule has 0 aliphatic heterocycles. The van der Waals surface area contributed by atoms with E-state index in [0.717, 1.165) is 11.3 Å². The first-order valence-electron chi connectivity index (χ1n) is 6.56. The highest BCUT2D eigenvalue weighted by atomic mass is 35.5. The van der Waals surface area contributed by atoms with Crippen LogP contribution in [-0.4, -0.2) is 48.4 Å². The number of nitrogens with zero attached hydrogens (tertiary/aromatic N) is 1. The number of carbonyl (C=O) groups is 3. The van der Waals surface area contributed by atoms with Gasteiger partial charge in [0, 0.05) is 12.6 Å². The Labute approximate surface area is 138 Å².